The summed E-state index contributed by atoms with van der Waals surface area (Å²) >= 11 is 0. The number of hydrogen-bond acceptors (Lipinski definition) is 8. The highest BCUT2D eigenvalue weighted by Crippen LogP contribution is 2.23. The fourth-order valence-electron chi connectivity index (χ4n) is 4.93. The topological polar surface area (TPSA) is 189 Å². The first kappa shape index (κ1) is 40.3. The van der Waals surface area contributed by atoms with Crippen molar-refractivity contribution in [3.63, 3.8) is 0 Å². The van der Waals surface area contributed by atoms with Crippen LogP contribution in [-0.4, -0.2) is 78.6 Å². The molecule has 6 atom stereocenters. The lowest BCUT2D eigenvalue weighted by Gasteiger charge is -2.34. The third-order valence-corrected chi connectivity index (χ3v) is 7.25. The van der Waals surface area contributed by atoms with E-state index in [1.165, 1.54) is 14.0 Å². The number of ether oxygens (including phenoxy) is 1. The van der Waals surface area contributed by atoms with Gasteiger partial charge in [0, 0.05) is 6.92 Å². The Labute approximate surface area is 258 Å². The monoisotopic (exact) mass is 613 g/mol. The fraction of sp³-hybridized carbons (Fsp3) is 0.839. The Morgan fingerprint density at radius 2 is 1.28 bits per heavy atom. The van der Waals surface area contributed by atoms with Gasteiger partial charge in [0.1, 0.15) is 18.1 Å². The summed E-state index contributed by atoms with van der Waals surface area (Å²) in [5.41, 5.74) is 5.66. The summed E-state index contributed by atoms with van der Waals surface area (Å²) in [7, 11) is 1.25. The van der Waals surface area contributed by atoms with Crippen LogP contribution in [0, 0.1) is 29.6 Å². The van der Waals surface area contributed by atoms with Gasteiger partial charge in [0.05, 0.1) is 25.2 Å². The molecule has 0 aromatic carbocycles. The van der Waals surface area contributed by atoms with Crippen LogP contribution in [-0.2, 0) is 28.7 Å². The predicted octanol–water partition coefficient (Wildman–Crippen LogP) is 1.63. The van der Waals surface area contributed by atoms with Crippen LogP contribution in [0.5, 0.6) is 0 Å². The average Bonchev–Trinajstić information content (AvgIpc) is 2.90. The molecular weight excluding hydrogens is 554 g/mol. The van der Waals surface area contributed by atoms with E-state index in [4.69, 9.17) is 10.5 Å². The highest BCUT2D eigenvalue weighted by Gasteiger charge is 2.38. The second kappa shape index (κ2) is 20.3. The van der Waals surface area contributed by atoms with Gasteiger partial charge < -0.3 is 36.8 Å². The van der Waals surface area contributed by atoms with Gasteiger partial charge in [-0.3, -0.25) is 19.2 Å². The molecule has 0 heterocycles. The van der Waals surface area contributed by atoms with Gasteiger partial charge in [-0.1, -0.05) is 55.4 Å². The number of carbonyl (C=O) groups excluding carboxylic acids is 5. The molecule has 0 spiro atoms. The Morgan fingerprint density at radius 3 is 1.72 bits per heavy atom. The zero-order valence-corrected chi connectivity index (χ0v) is 28.0. The van der Waals surface area contributed by atoms with Gasteiger partial charge in [-0.05, 0) is 62.3 Å². The van der Waals surface area contributed by atoms with Crippen molar-refractivity contribution in [1.82, 2.24) is 21.3 Å². The van der Waals surface area contributed by atoms with Gasteiger partial charge in [-0.15, -0.1) is 0 Å². The van der Waals surface area contributed by atoms with Crippen molar-refractivity contribution in [3.8, 4) is 0 Å². The quantitative estimate of drug-likeness (QED) is 0.0882. The molecule has 0 aliphatic rings. The first-order valence-corrected chi connectivity index (χ1v) is 15.6. The molecule has 0 saturated heterocycles. The molecule has 4 amide bonds. The Balaban J connectivity index is 6.22. The van der Waals surface area contributed by atoms with Crippen LogP contribution in [0.1, 0.15) is 94.4 Å². The molecule has 0 rings (SSSR count). The molecule has 0 radical (unpaired) electrons. The summed E-state index contributed by atoms with van der Waals surface area (Å²) in [6.45, 7) is 16.6. The third-order valence-electron chi connectivity index (χ3n) is 7.25. The molecule has 12 nitrogen and oxygen atoms in total. The van der Waals surface area contributed by atoms with Crippen LogP contribution >= 0.6 is 0 Å². The maximum atomic E-state index is 13.7. The summed E-state index contributed by atoms with van der Waals surface area (Å²) in [4.78, 5) is 64.4. The predicted molar refractivity (Wildman–Crippen MR) is 166 cm³/mol. The minimum absolute atomic E-state index is 0.0291. The molecule has 0 aromatic rings. The number of esters is 1. The maximum Gasteiger partial charge on any atom is 0.328 e. The Hall–Kier alpha value is -2.73. The minimum atomic E-state index is -1.28. The van der Waals surface area contributed by atoms with Crippen molar-refractivity contribution < 1.29 is 33.8 Å². The van der Waals surface area contributed by atoms with Gasteiger partial charge in [0.25, 0.3) is 0 Å². The number of carbonyl (C=O) groups is 5. The number of nitrogens with two attached hydrogens (primary N) is 1. The van der Waals surface area contributed by atoms with E-state index >= 15 is 0 Å². The number of aliphatic hydroxyl groups is 1. The molecule has 0 bridgehead atoms. The second-order valence-corrected chi connectivity index (χ2v) is 13.0. The van der Waals surface area contributed by atoms with E-state index in [1.54, 1.807) is 27.7 Å². The van der Waals surface area contributed by atoms with Gasteiger partial charge >= 0.3 is 5.97 Å². The molecule has 43 heavy (non-hydrogen) atoms. The van der Waals surface area contributed by atoms with E-state index in [2.05, 4.69) is 21.3 Å². The summed E-state index contributed by atoms with van der Waals surface area (Å²) in [5, 5.41) is 22.7. The normalized spacial score (nSPS) is 15.8. The maximum absolute atomic E-state index is 13.7. The van der Waals surface area contributed by atoms with Crippen LogP contribution in [0.15, 0.2) is 0 Å². The lowest BCUT2D eigenvalue weighted by molar-refractivity contribution is -0.148. The van der Waals surface area contributed by atoms with Crippen LogP contribution in [0.4, 0.5) is 0 Å². The lowest BCUT2D eigenvalue weighted by atomic mass is 9.84. The van der Waals surface area contributed by atoms with Crippen LogP contribution in [0.25, 0.3) is 0 Å². The first-order chi connectivity index (χ1) is 20.0. The van der Waals surface area contributed by atoms with Crippen LogP contribution in [0.2, 0.25) is 0 Å². The molecule has 0 unspecified atom stereocenters. The van der Waals surface area contributed by atoms with E-state index in [0.717, 1.165) is 0 Å². The smallest absolute Gasteiger partial charge is 0.328 e. The van der Waals surface area contributed by atoms with E-state index in [9.17, 15) is 29.1 Å². The molecule has 0 aliphatic heterocycles. The Morgan fingerprint density at radius 1 is 0.721 bits per heavy atom. The largest absolute Gasteiger partial charge is 0.467 e. The number of methoxy groups -OCH3 is 1. The zero-order chi connectivity index (χ0) is 33.4. The van der Waals surface area contributed by atoms with Gasteiger partial charge in [0.2, 0.25) is 23.6 Å². The van der Waals surface area contributed by atoms with Gasteiger partial charge in [0.15, 0.2) is 0 Å². The van der Waals surface area contributed by atoms with E-state index in [1.807, 2.05) is 27.7 Å². The molecular formula is C31H59N5O7. The summed E-state index contributed by atoms with van der Waals surface area (Å²) in [5.74, 6) is -3.74. The number of hydrogen-bond donors (Lipinski definition) is 6. The summed E-state index contributed by atoms with van der Waals surface area (Å²) in [6, 6.07) is -3.49. The van der Waals surface area contributed by atoms with E-state index in [-0.39, 0.29) is 29.6 Å². The Bertz CT molecular complexity index is 894. The number of rotatable bonds is 20. The molecule has 0 aromatic heterocycles. The lowest BCUT2D eigenvalue weighted by Crippen LogP contribution is -2.59. The number of unbranched alkanes of at least 4 members (excludes halogenated alkanes) is 1. The fourth-order valence-corrected chi connectivity index (χ4v) is 4.93. The average molecular weight is 614 g/mol. The van der Waals surface area contributed by atoms with Crippen molar-refractivity contribution in [2.24, 2.45) is 35.3 Å². The van der Waals surface area contributed by atoms with Crippen molar-refractivity contribution in [1.29, 1.82) is 0 Å². The molecule has 7 N–H and O–H groups in total. The highest BCUT2D eigenvalue weighted by molar-refractivity contribution is 5.92. The van der Waals surface area contributed by atoms with E-state index in [0.29, 0.717) is 38.6 Å². The Kier molecular flexibility index (Phi) is 19.0. The summed E-state index contributed by atoms with van der Waals surface area (Å²) in [6.07, 6.45) is 0.917. The van der Waals surface area contributed by atoms with Crippen molar-refractivity contribution in [3.05, 3.63) is 0 Å². The zero-order valence-electron chi connectivity index (χ0n) is 28.0. The number of aliphatic hydroxyl groups excluding tert-OH is 1. The van der Waals surface area contributed by atoms with Crippen molar-refractivity contribution in [2.75, 3.05) is 13.7 Å². The SMILES string of the molecule is COC(=O)[C@@H](NC(=O)[C@H](CC(C)C)[C@H](O)[C@H](CC(C)C)NC(=O)[C@H](CCCCN)NC(=O)[C@@H](NC(C)=O)C(C)C)C(C)C. The number of nitrogens with one attached hydrogen (secondary N) is 4. The van der Waals surface area contributed by atoms with Crippen molar-refractivity contribution in [2.45, 2.75) is 125 Å². The van der Waals surface area contributed by atoms with Gasteiger partial charge in [-0.2, -0.15) is 0 Å². The molecule has 0 aliphatic carbocycles. The standard InChI is InChI=1S/C31H59N5O7/c1-17(2)15-22(28(39)36-26(20(7)8)31(42)43-10)27(38)24(16-18(3)4)35-29(40)23(13-11-12-14-32)34-30(41)25(19(5)6)33-21(9)37/h17-20,22-27,38H,11-16,32H2,1-10H3,(H,33,37)(H,34,41)(H,35,40)(H,36,39)/t22-,23+,24+,25+,26+,27+/m1/s1. The first-order valence-electron chi connectivity index (χ1n) is 15.6. The van der Waals surface area contributed by atoms with Crippen LogP contribution in [0.3, 0.4) is 0 Å². The van der Waals surface area contributed by atoms with Gasteiger partial charge in [-0.25, -0.2) is 4.79 Å². The molecule has 0 fully saturated rings. The molecule has 250 valence electrons. The summed E-state index contributed by atoms with van der Waals surface area (Å²) < 4.78 is 4.86. The highest BCUT2D eigenvalue weighted by atomic mass is 16.5. The number of amides is 4. The van der Waals surface area contributed by atoms with Crippen LogP contribution < -0.4 is 27.0 Å². The molecule has 12 heteroatoms. The molecule has 0 saturated carbocycles. The second-order valence-electron chi connectivity index (χ2n) is 13.0. The van der Waals surface area contributed by atoms with E-state index < -0.39 is 59.9 Å². The third kappa shape index (κ3) is 15.0. The van der Waals surface area contributed by atoms with Crippen molar-refractivity contribution >= 4 is 29.6 Å². The minimum Gasteiger partial charge on any atom is -0.467 e.